The van der Waals surface area contributed by atoms with Gasteiger partial charge in [-0.15, -0.1) is 0 Å². The van der Waals surface area contributed by atoms with Crippen LogP contribution < -0.4 is 5.43 Å². The maximum atomic E-state index is 12.8. The molecule has 1 aromatic carbocycles. The molecule has 1 fully saturated rings. The van der Waals surface area contributed by atoms with Gasteiger partial charge in [0.05, 0.1) is 18.2 Å². The van der Waals surface area contributed by atoms with Crippen LogP contribution in [0.1, 0.15) is 29.6 Å². The Labute approximate surface area is 133 Å². The quantitative estimate of drug-likeness (QED) is 0.699. The molecule has 2 amide bonds. The predicted octanol–water partition coefficient (Wildman–Crippen LogP) is 2.35. The highest BCUT2D eigenvalue weighted by atomic mass is 16.3. The van der Waals surface area contributed by atoms with E-state index in [1.165, 1.54) is 5.01 Å². The highest BCUT2D eigenvalue weighted by molar-refractivity contribution is 6.10. The van der Waals surface area contributed by atoms with Crippen LogP contribution in [-0.2, 0) is 9.59 Å². The number of nitrogens with one attached hydrogen (secondary N) is 1. The van der Waals surface area contributed by atoms with Gasteiger partial charge in [-0.2, -0.15) is 0 Å². The Bertz CT molecular complexity index is 752. The molecule has 1 aliphatic carbocycles. The molecule has 1 aromatic heterocycles. The number of rotatable bonds is 3. The molecule has 1 unspecified atom stereocenters. The summed E-state index contributed by atoms with van der Waals surface area (Å²) in [7, 11) is 0. The molecule has 23 heavy (non-hydrogen) atoms. The first-order chi connectivity index (χ1) is 11.3. The third-order valence-electron chi connectivity index (χ3n) is 4.45. The van der Waals surface area contributed by atoms with E-state index in [1.54, 1.807) is 6.26 Å². The molecular weight excluding hydrogens is 292 g/mol. The van der Waals surface area contributed by atoms with E-state index in [0.717, 1.165) is 11.3 Å². The highest BCUT2D eigenvalue weighted by Crippen LogP contribution is 2.35. The second-order valence-electron chi connectivity index (χ2n) is 5.80. The van der Waals surface area contributed by atoms with Gasteiger partial charge in [0.2, 0.25) is 0 Å². The summed E-state index contributed by atoms with van der Waals surface area (Å²) >= 11 is 0. The minimum Gasteiger partial charge on any atom is -0.469 e. The monoisotopic (exact) mass is 308 g/mol. The minimum atomic E-state index is -0.769. The summed E-state index contributed by atoms with van der Waals surface area (Å²) in [6, 6.07) is 12.7. The van der Waals surface area contributed by atoms with Crippen molar-refractivity contribution in [1.82, 2.24) is 10.4 Å². The summed E-state index contributed by atoms with van der Waals surface area (Å²) in [5.74, 6) is -0.482. The molecule has 1 N–H and O–H groups in total. The fraction of sp³-hybridized carbons (Fsp3) is 0.222. The Morgan fingerprint density at radius 3 is 2.65 bits per heavy atom. The summed E-state index contributed by atoms with van der Waals surface area (Å²) < 4.78 is 5.48. The van der Waals surface area contributed by atoms with Crippen LogP contribution in [0.2, 0.25) is 0 Å². The van der Waals surface area contributed by atoms with Crippen LogP contribution >= 0.6 is 0 Å². The molecule has 2 aliphatic rings. The number of amides is 2. The molecule has 2 heterocycles. The largest absolute Gasteiger partial charge is 0.469 e. The molecule has 1 saturated heterocycles. The van der Waals surface area contributed by atoms with Crippen molar-refractivity contribution in [3.8, 4) is 0 Å². The van der Waals surface area contributed by atoms with E-state index in [-0.39, 0.29) is 23.8 Å². The van der Waals surface area contributed by atoms with Crippen LogP contribution in [0.4, 0.5) is 0 Å². The fourth-order valence-electron chi connectivity index (χ4n) is 3.35. The molecule has 0 saturated carbocycles. The molecular formula is C18H16N2O3. The SMILES string of the molecule is O=C1NN([C@H]2CC=C[C@@H]2c2ccco2)C(=O)C1c1ccccc1. The van der Waals surface area contributed by atoms with Crippen LogP contribution in [0.25, 0.3) is 0 Å². The van der Waals surface area contributed by atoms with E-state index >= 15 is 0 Å². The van der Waals surface area contributed by atoms with Crippen molar-refractivity contribution in [3.63, 3.8) is 0 Å². The lowest BCUT2D eigenvalue weighted by atomic mass is 9.96. The lowest BCUT2D eigenvalue weighted by molar-refractivity contribution is -0.133. The van der Waals surface area contributed by atoms with Gasteiger partial charge >= 0.3 is 0 Å². The molecule has 2 aromatic rings. The topological polar surface area (TPSA) is 62.6 Å². The van der Waals surface area contributed by atoms with Crippen LogP contribution in [0, 0.1) is 0 Å². The van der Waals surface area contributed by atoms with Gasteiger partial charge in [-0.1, -0.05) is 42.5 Å². The molecule has 0 bridgehead atoms. The van der Waals surface area contributed by atoms with E-state index in [2.05, 4.69) is 5.43 Å². The highest BCUT2D eigenvalue weighted by Gasteiger charge is 2.46. The van der Waals surface area contributed by atoms with E-state index in [9.17, 15) is 9.59 Å². The third kappa shape index (κ3) is 2.25. The molecule has 4 rings (SSSR count). The van der Waals surface area contributed by atoms with Gasteiger partial charge in [0.25, 0.3) is 11.8 Å². The van der Waals surface area contributed by atoms with Gasteiger partial charge in [-0.25, -0.2) is 5.01 Å². The number of carbonyl (C=O) groups is 2. The number of hydrogen-bond donors (Lipinski definition) is 1. The molecule has 5 heteroatoms. The van der Waals surface area contributed by atoms with Crippen LogP contribution in [0.5, 0.6) is 0 Å². The third-order valence-corrected chi connectivity index (χ3v) is 4.45. The molecule has 0 radical (unpaired) electrons. The Balaban J connectivity index is 1.61. The summed E-state index contributed by atoms with van der Waals surface area (Å²) in [6.07, 6.45) is 6.36. The average molecular weight is 308 g/mol. The lowest BCUT2D eigenvalue weighted by Crippen LogP contribution is -2.45. The fourth-order valence-corrected chi connectivity index (χ4v) is 3.35. The van der Waals surface area contributed by atoms with Crippen molar-refractivity contribution in [2.45, 2.75) is 24.3 Å². The molecule has 0 spiro atoms. The Kier molecular flexibility index (Phi) is 3.26. The minimum absolute atomic E-state index is 0.0382. The summed E-state index contributed by atoms with van der Waals surface area (Å²) in [5.41, 5.74) is 3.47. The lowest BCUT2D eigenvalue weighted by Gasteiger charge is -2.27. The van der Waals surface area contributed by atoms with Gasteiger partial charge in [0.15, 0.2) is 0 Å². The van der Waals surface area contributed by atoms with Crippen molar-refractivity contribution in [1.29, 1.82) is 0 Å². The van der Waals surface area contributed by atoms with Crippen molar-refractivity contribution in [2.24, 2.45) is 0 Å². The predicted molar refractivity (Wildman–Crippen MR) is 83.2 cm³/mol. The van der Waals surface area contributed by atoms with Crippen molar-refractivity contribution in [3.05, 3.63) is 72.2 Å². The summed E-state index contributed by atoms with van der Waals surface area (Å²) in [4.78, 5) is 25.1. The van der Waals surface area contributed by atoms with Crippen molar-refractivity contribution in [2.75, 3.05) is 0 Å². The van der Waals surface area contributed by atoms with Gasteiger partial charge in [0.1, 0.15) is 11.7 Å². The number of furan rings is 1. The Morgan fingerprint density at radius 1 is 1.09 bits per heavy atom. The molecule has 116 valence electrons. The molecule has 1 aliphatic heterocycles. The number of nitrogens with zero attached hydrogens (tertiary/aromatic N) is 1. The Morgan fingerprint density at radius 2 is 1.91 bits per heavy atom. The second-order valence-corrected chi connectivity index (χ2v) is 5.80. The van der Waals surface area contributed by atoms with Crippen LogP contribution in [-0.4, -0.2) is 22.9 Å². The summed E-state index contributed by atoms with van der Waals surface area (Å²) in [5, 5.41) is 1.48. The van der Waals surface area contributed by atoms with Crippen molar-refractivity contribution >= 4 is 11.8 Å². The van der Waals surface area contributed by atoms with E-state index in [1.807, 2.05) is 54.6 Å². The summed E-state index contributed by atoms with van der Waals surface area (Å²) in [6.45, 7) is 0. The maximum Gasteiger partial charge on any atom is 0.258 e. The number of benzene rings is 1. The zero-order valence-corrected chi connectivity index (χ0v) is 12.4. The van der Waals surface area contributed by atoms with Crippen molar-refractivity contribution < 1.29 is 14.0 Å². The van der Waals surface area contributed by atoms with Crippen LogP contribution in [0.3, 0.4) is 0 Å². The number of hydrogen-bond acceptors (Lipinski definition) is 3. The zero-order chi connectivity index (χ0) is 15.8. The molecule has 5 nitrogen and oxygen atoms in total. The van der Waals surface area contributed by atoms with E-state index < -0.39 is 5.92 Å². The standard InChI is InChI=1S/C18H16N2O3/c21-17-16(12-6-2-1-3-7-12)18(22)20(19-17)14-9-4-8-13(14)15-10-5-11-23-15/h1-8,10-11,13-14,16H,9H2,(H,19,21)/t13-,14-,16?/m0/s1. The van der Waals surface area contributed by atoms with Gasteiger partial charge < -0.3 is 4.42 Å². The Hall–Kier alpha value is -2.82. The van der Waals surface area contributed by atoms with E-state index in [4.69, 9.17) is 4.42 Å². The smallest absolute Gasteiger partial charge is 0.258 e. The first-order valence-corrected chi connectivity index (χ1v) is 7.64. The molecule has 3 atom stereocenters. The second kappa shape index (κ2) is 5.43. The van der Waals surface area contributed by atoms with E-state index in [0.29, 0.717) is 6.42 Å². The zero-order valence-electron chi connectivity index (χ0n) is 12.4. The number of carbonyl (C=O) groups excluding carboxylic acids is 2. The first kappa shape index (κ1) is 13.8. The van der Waals surface area contributed by atoms with Gasteiger partial charge in [-0.05, 0) is 24.1 Å². The van der Waals surface area contributed by atoms with Gasteiger partial charge in [0, 0.05) is 0 Å². The van der Waals surface area contributed by atoms with Gasteiger partial charge in [-0.3, -0.25) is 15.0 Å². The number of hydrazine groups is 1. The maximum absolute atomic E-state index is 12.8. The normalized spacial score (nSPS) is 26.8. The first-order valence-electron chi connectivity index (χ1n) is 7.64. The van der Waals surface area contributed by atoms with Crippen LogP contribution in [0.15, 0.2) is 65.3 Å². The average Bonchev–Trinajstić information content (AvgIpc) is 3.28.